The molecule has 1 unspecified atom stereocenters. The summed E-state index contributed by atoms with van der Waals surface area (Å²) in [4.78, 5) is 1.58. The Morgan fingerprint density at radius 3 is 1.64 bits per heavy atom. The summed E-state index contributed by atoms with van der Waals surface area (Å²) in [6, 6.07) is 5.72. The van der Waals surface area contributed by atoms with Crippen molar-refractivity contribution in [2.45, 2.75) is 69.0 Å². The van der Waals surface area contributed by atoms with Crippen LogP contribution >= 0.6 is 0 Å². The van der Waals surface area contributed by atoms with Crippen LogP contribution < -0.4 is 15.6 Å². The van der Waals surface area contributed by atoms with Crippen LogP contribution in [0.25, 0.3) is 0 Å². The summed E-state index contributed by atoms with van der Waals surface area (Å²) in [6.07, 6.45) is -13.0. The van der Waals surface area contributed by atoms with Crippen molar-refractivity contribution in [1.29, 1.82) is 0 Å². The molecule has 0 radical (unpaired) electrons. The van der Waals surface area contributed by atoms with Crippen LogP contribution in [-0.2, 0) is 15.4 Å². The summed E-state index contributed by atoms with van der Waals surface area (Å²) < 4.78 is 102. The molecule has 1 aromatic rings. The van der Waals surface area contributed by atoms with Crippen LogP contribution in [0.4, 0.5) is 26.3 Å². The molecule has 0 saturated heterocycles. The van der Waals surface area contributed by atoms with Gasteiger partial charge in [-0.25, -0.2) is 13.8 Å². The quantitative estimate of drug-likeness (QED) is 0.363. The minimum absolute atomic E-state index is 0.0646. The number of sulfonamides is 1. The van der Waals surface area contributed by atoms with Gasteiger partial charge < -0.3 is 0 Å². The first-order valence-corrected chi connectivity index (χ1v) is 9.58. The first-order chi connectivity index (χ1) is 12.3. The molecule has 0 aliphatic heterocycles. The molecule has 28 heavy (non-hydrogen) atoms. The molecule has 3 N–H and O–H groups in total. The van der Waals surface area contributed by atoms with Crippen LogP contribution in [0.2, 0.25) is 0 Å². The zero-order valence-corrected chi connectivity index (χ0v) is 16.7. The summed E-state index contributed by atoms with van der Waals surface area (Å²) in [7, 11) is -4.21. The third kappa shape index (κ3) is 5.58. The molecule has 0 aliphatic carbocycles. The Kier molecular flexibility index (Phi) is 6.88. The Balaban J connectivity index is 2.90. The van der Waals surface area contributed by atoms with Gasteiger partial charge in [-0.2, -0.15) is 26.3 Å². The second-order valence-electron chi connectivity index (χ2n) is 7.51. The largest absolute Gasteiger partial charge is 0.415 e. The van der Waals surface area contributed by atoms with Crippen molar-refractivity contribution in [3.05, 3.63) is 29.8 Å². The van der Waals surface area contributed by atoms with E-state index in [4.69, 9.17) is 0 Å². The monoisotopic (exact) mass is 435 g/mol. The number of alkyl halides is 6. The predicted molar refractivity (Wildman–Crippen MR) is 91.7 cm³/mol. The first kappa shape index (κ1) is 24.7. The van der Waals surface area contributed by atoms with Gasteiger partial charge in [-0.1, -0.05) is 32.9 Å². The fraction of sp³-hybridized carbons (Fsp3) is 0.625. The van der Waals surface area contributed by atoms with Crippen molar-refractivity contribution in [3.8, 4) is 0 Å². The predicted octanol–water partition coefficient (Wildman–Crippen LogP) is 3.59. The van der Waals surface area contributed by atoms with E-state index in [1.54, 1.807) is 17.0 Å². The lowest BCUT2D eigenvalue weighted by molar-refractivity contribution is -0.304. The standard InChI is InChI=1S/C16H23F6N3O2S/c1-10(23-14(5,15(17,18)19)16(20,21)22)24-25-28(26,27)12-8-6-11(7-9-12)13(2,3)4/h6-10,23-25H,1-5H3. The SMILES string of the molecule is CC(NNS(=O)(=O)c1ccc(C(C)(C)C)cc1)NC(C)(C(F)(F)F)C(F)(F)F. The van der Waals surface area contributed by atoms with Gasteiger partial charge in [0.2, 0.25) is 5.54 Å². The third-order valence-corrected chi connectivity index (χ3v) is 5.36. The number of hydrazine groups is 1. The van der Waals surface area contributed by atoms with Crippen molar-refractivity contribution in [2.75, 3.05) is 0 Å². The summed E-state index contributed by atoms with van der Waals surface area (Å²) in [5, 5.41) is 1.34. The van der Waals surface area contributed by atoms with Gasteiger partial charge in [-0.05, 0) is 37.0 Å². The molecule has 1 rings (SSSR count). The zero-order chi connectivity index (χ0) is 22.2. The van der Waals surface area contributed by atoms with Crippen molar-refractivity contribution >= 4 is 10.0 Å². The highest BCUT2D eigenvalue weighted by atomic mass is 32.2. The summed E-state index contributed by atoms with van der Waals surface area (Å²) >= 11 is 0. The third-order valence-electron chi connectivity index (χ3n) is 4.08. The molecule has 1 atom stereocenters. The topological polar surface area (TPSA) is 70.2 Å². The fourth-order valence-electron chi connectivity index (χ4n) is 2.15. The van der Waals surface area contributed by atoms with E-state index >= 15 is 0 Å². The van der Waals surface area contributed by atoms with Crippen LogP contribution in [0.5, 0.6) is 0 Å². The van der Waals surface area contributed by atoms with E-state index in [1.165, 1.54) is 17.4 Å². The number of hydrogen-bond acceptors (Lipinski definition) is 4. The zero-order valence-electron chi connectivity index (χ0n) is 15.9. The fourth-order valence-corrected chi connectivity index (χ4v) is 3.10. The molecule has 0 fully saturated rings. The Hall–Kier alpha value is -1.37. The molecule has 0 spiro atoms. The van der Waals surface area contributed by atoms with E-state index in [9.17, 15) is 34.8 Å². The van der Waals surface area contributed by atoms with Gasteiger partial charge in [0, 0.05) is 0 Å². The van der Waals surface area contributed by atoms with Gasteiger partial charge in [0.25, 0.3) is 10.0 Å². The van der Waals surface area contributed by atoms with Crippen molar-refractivity contribution in [1.82, 2.24) is 15.6 Å². The van der Waals surface area contributed by atoms with Crippen LogP contribution in [-0.4, -0.2) is 32.5 Å². The smallest absolute Gasteiger partial charge is 0.280 e. The van der Waals surface area contributed by atoms with E-state index in [1.807, 2.05) is 26.2 Å². The van der Waals surface area contributed by atoms with Crippen LogP contribution in [0.1, 0.15) is 40.2 Å². The number of nitrogens with one attached hydrogen (secondary N) is 3. The Morgan fingerprint density at radius 1 is 0.857 bits per heavy atom. The minimum atomic E-state index is -5.65. The van der Waals surface area contributed by atoms with Gasteiger partial charge >= 0.3 is 12.4 Å². The second kappa shape index (κ2) is 7.81. The highest BCUT2D eigenvalue weighted by molar-refractivity contribution is 7.89. The molecule has 162 valence electrons. The number of benzene rings is 1. The summed E-state index contributed by atoms with van der Waals surface area (Å²) in [5.74, 6) is 0. The van der Waals surface area contributed by atoms with Crippen LogP contribution in [0, 0.1) is 0 Å². The number of halogens is 6. The number of hydrogen-bond donors (Lipinski definition) is 3. The van der Waals surface area contributed by atoms with Crippen LogP contribution in [0.15, 0.2) is 29.2 Å². The molecular weight excluding hydrogens is 412 g/mol. The second-order valence-corrected chi connectivity index (χ2v) is 9.19. The normalized spacial score (nSPS) is 15.5. The molecule has 5 nitrogen and oxygen atoms in total. The van der Waals surface area contributed by atoms with Crippen molar-refractivity contribution in [3.63, 3.8) is 0 Å². The molecule has 0 aliphatic rings. The Bertz CT molecular complexity index is 754. The van der Waals surface area contributed by atoms with Gasteiger partial charge in [-0.15, -0.1) is 4.83 Å². The Morgan fingerprint density at radius 2 is 1.29 bits per heavy atom. The lowest BCUT2D eigenvalue weighted by Gasteiger charge is -2.37. The van der Waals surface area contributed by atoms with E-state index < -0.39 is 34.1 Å². The molecule has 12 heteroatoms. The molecule has 0 saturated carbocycles. The maximum absolute atomic E-state index is 12.9. The summed E-state index contributed by atoms with van der Waals surface area (Å²) in [5.41, 5.74) is -1.70. The lowest BCUT2D eigenvalue weighted by atomic mass is 9.87. The van der Waals surface area contributed by atoms with Crippen molar-refractivity contribution < 1.29 is 34.8 Å². The maximum atomic E-state index is 12.9. The maximum Gasteiger partial charge on any atom is 0.415 e. The van der Waals surface area contributed by atoms with E-state index in [-0.39, 0.29) is 17.2 Å². The summed E-state index contributed by atoms with van der Waals surface area (Å²) in [6.45, 7) is 6.61. The van der Waals surface area contributed by atoms with Crippen LogP contribution in [0.3, 0.4) is 0 Å². The van der Waals surface area contributed by atoms with E-state index in [0.717, 1.165) is 12.5 Å². The van der Waals surface area contributed by atoms with Crippen molar-refractivity contribution in [2.24, 2.45) is 0 Å². The molecule has 0 amide bonds. The minimum Gasteiger partial charge on any atom is -0.280 e. The van der Waals surface area contributed by atoms with Gasteiger partial charge in [0.05, 0.1) is 11.1 Å². The molecular formula is C16H23F6N3O2S. The molecule has 1 aromatic carbocycles. The highest BCUT2D eigenvalue weighted by Crippen LogP contribution is 2.42. The van der Waals surface area contributed by atoms with Gasteiger partial charge in [0.15, 0.2) is 0 Å². The van der Waals surface area contributed by atoms with E-state index in [2.05, 4.69) is 0 Å². The first-order valence-electron chi connectivity index (χ1n) is 8.10. The lowest BCUT2D eigenvalue weighted by Crippen LogP contribution is -2.69. The van der Waals surface area contributed by atoms with Gasteiger partial charge in [-0.3, -0.25) is 5.32 Å². The average molecular weight is 435 g/mol. The number of rotatable bonds is 6. The van der Waals surface area contributed by atoms with E-state index in [0.29, 0.717) is 0 Å². The molecule has 0 bridgehead atoms. The van der Waals surface area contributed by atoms with Gasteiger partial charge in [0.1, 0.15) is 0 Å². The molecule has 0 heterocycles. The highest BCUT2D eigenvalue weighted by Gasteiger charge is 2.68. The molecule has 0 aromatic heterocycles. The Labute approximate surface area is 159 Å². The average Bonchev–Trinajstić information content (AvgIpc) is 2.50.